The topological polar surface area (TPSA) is 84.5 Å². The molecule has 0 aromatic heterocycles. The molecule has 170 valence electrons. The van der Waals surface area contributed by atoms with Gasteiger partial charge in [0.2, 0.25) is 10.0 Å². The summed E-state index contributed by atoms with van der Waals surface area (Å²) in [5, 5.41) is 2.55. The maximum absolute atomic E-state index is 14.3. The smallest absolute Gasteiger partial charge is 0.337 e. The van der Waals surface area contributed by atoms with Gasteiger partial charge in [-0.1, -0.05) is 30.3 Å². The van der Waals surface area contributed by atoms with E-state index in [1.807, 2.05) is 18.2 Å². The fourth-order valence-electron chi connectivity index (χ4n) is 3.64. The lowest BCUT2D eigenvalue weighted by Gasteiger charge is -2.24. The fraction of sp³-hybridized carbons (Fsp3) is 0.409. The van der Waals surface area contributed by atoms with Crippen molar-refractivity contribution in [1.82, 2.24) is 10.0 Å². The van der Waals surface area contributed by atoms with Gasteiger partial charge in [0, 0.05) is 12.1 Å². The summed E-state index contributed by atoms with van der Waals surface area (Å²) in [6.07, 6.45) is 2.06. The van der Waals surface area contributed by atoms with Gasteiger partial charge >= 0.3 is 5.97 Å². The summed E-state index contributed by atoms with van der Waals surface area (Å²) in [6, 6.07) is 11.5. The van der Waals surface area contributed by atoms with Gasteiger partial charge < -0.3 is 10.1 Å². The van der Waals surface area contributed by atoms with Gasteiger partial charge in [-0.25, -0.2) is 22.3 Å². The van der Waals surface area contributed by atoms with E-state index in [1.165, 1.54) is 19.2 Å². The maximum atomic E-state index is 14.3. The molecule has 2 N–H and O–H groups in total. The lowest BCUT2D eigenvalue weighted by atomic mass is 9.89. The van der Waals surface area contributed by atoms with E-state index < -0.39 is 27.1 Å². The van der Waals surface area contributed by atoms with Crippen molar-refractivity contribution in [2.75, 3.05) is 20.2 Å². The number of halogens is 2. The zero-order chi connectivity index (χ0) is 21.7. The van der Waals surface area contributed by atoms with Crippen molar-refractivity contribution in [3.63, 3.8) is 0 Å². The van der Waals surface area contributed by atoms with Gasteiger partial charge in [-0.2, -0.15) is 0 Å². The maximum Gasteiger partial charge on any atom is 0.337 e. The summed E-state index contributed by atoms with van der Waals surface area (Å²) in [5.74, 6) is -0.888. The summed E-state index contributed by atoms with van der Waals surface area (Å²) < 4.78 is 46.9. The van der Waals surface area contributed by atoms with Gasteiger partial charge in [0.1, 0.15) is 5.82 Å². The van der Waals surface area contributed by atoms with Crippen LogP contribution in [-0.4, -0.2) is 34.6 Å². The molecule has 1 saturated heterocycles. The largest absolute Gasteiger partial charge is 0.465 e. The standard InChI is InChI=1S/C22H27FN2O4S.ClH/c1-15(17-4-3-5-18(12-17)16-8-10-24-11-9-16)30(27,28)25-14-20-7-6-19(13-21(20)23)22(26)29-2;/h3-7,12-13,15-16,24-25H,8-11,14H2,1-2H3;1H. The monoisotopic (exact) mass is 470 g/mol. The van der Waals surface area contributed by atoms with Crippen molar-refractivity contribution in [2.45, 2.75) is 37.5 Å². The number of hydrogen-bond acceptors (Lipinski definition) is 5. The fourth-order valence-corrected chi connectivity index (χ4v) is 4.75. The van der Waals surface area contributed by atoms with Gasteiger partial charge in [-0.3, -0.25) is 0 Å². The Bertz CT molecular complexity index is 1010. The molecule has 9 heteroatoms. The number of methoxy groups -OCH3 is 1. The summed E-state index contributed by atoms with van der Waals surface area (Å²) in [4.78, 5) is 11.5. The Hall–Kier alpha value is -2.00. The van der Waals surface area contributed by atoms with Crippen LogP contribution in [-0.2, 0) is 21.3 Å². The predicted molar refractivity (Wildman–Crippen MR) is 120 cm³/mol. The molecule has 0 aliphatic carbocycles. The Morgan fingerprint density at radius 2 is 1.94 bits per heavy atom. The number of sulfonamides is 1. The molecule has 2 aromatic carbocycles. The van der Waals surface area contributed by atoms with Crippen LogP contribution in [0.15, 0.2) is 42.5 Å². The number of carbonyl (C=O) groups is 1. The second kappa shape index (κ2) is 11.0. The van der Waals surface area contributed by atoms with E-state index in [4.69, 9.17) is 0 Å². The van der Waals surface area contributed by atoms with Crippen molar-refractivity contribution in [2.24, 2.45) is 0 Å². The molecule has 1 fully saturated rings. The molecule has 3 rings (SSSR count). The van der Waals surface area contributed by atoms with Crippen LogP contribution in [0.25, 0.3) is 0 Å². The van der Waals surface area contributed by atoms with E-state index in [-0.39, 0.29) is 30.1 Å². The van der Waals surface area contributed by atoms with Crippen molar-refractivity contribution in [1.29, 1.82) is 0 Å². The van der Waals surface area contributed by atoms with Crippen LogP contribution < -0.4 is 10.0 Å². The van der Waals surface area contributed by atoms with E-state index >= 15 is 0 Å². The van der Waals surface area contributed by atoms with Crippen LogP contribution in [0.2, 0.25) is 0 Å². The predicted octanol–water partition coefficient (Wildman–Crippen LogP) is 3.68. The van der Waals surface area contributed by atoms with Gasteiger partial charge in [0.05, 0.1) is 17.9 Å². The average Bonchev–Trinajstić information content (AvgIpc) is 2.77. The summed E-state index contributed by atoms with van der Waals surface area (Å²) in [7, 11) is -2.52. The Morgan fingerprint density at radius 3 is 2.58 bits per heavy atom. The summed E-state index contributed by atoms with van der Waals surface area (Å²) >= 11 is 0. The third-order valence-corrected chi connectivity index (χ3v) is 7.34. The second-order valence-electron chi connectivity index (χ2n) is 7.50. The Kier molecular flexibility index (Phi) is 9.00. The first kappa shape index (κ1) is 25.3. The molecule has 1 unspecified atom stereocenters. The van der Waals surface area contributed by atoms with Gasteiger partial charge in [-0.15, -0.1) is 12.4 Å². The SMILES string of the molecule is COC(=O)c1ccc(CNS(=O)(=O)C(C)c2cccc(C3CCNCC3)c2)c(F)c1.Cl. The van der Waals surface area contributed by atoms with Gasteiger partial charge in [0.15, 0.2) is 0 Å². The molecule has 31 heavy (non-hydrogen) atoms. The highest BCUT2D eigenvalue weighted by molar-refractivity contribution is 7.89. The number of piperidine rings is 1. The van der Waals surface area contributed by atoms with Crippen molar-refractivity contribution < 1.29 is 22.3 Å². The molecule has 0 saturated carbocycles. The molecular weight excluding hydrogens is 443 g/mol. The molecule has 2 aromatic rings. The molecule has 0 bridgehead atoms. The van der Waals surface area contributed by atoms with Crippen LogP contribution >= 0.6 is 12.4 Å². The van der Waals surface area contributed by atoms with Crippen LogP contribution in [0.1, 0.15) is 58.0 Å². The lowest BCUT2D eigenvalue weighted by Crippen LogP contribution is -2.28. The molecule has 0 amide bonds. The lowest BCUT2D eigenvalue weighted by molar-refractivity contribution is 0.0600. The Labute approximate surface area is 189 Å². The minimum absolute atomic E-state index is 0. The van der Waals surface area contributed by atoms with Crippen LogP contribution in [0.3, 0.4) is 0 Å². The number of carbonyl (C=O) groups excluding carboxylic acids is 1. The van der Waals surface area contributed by atoms with E-state index in [2.05, 4.69) is 14.8 Å². The number of ether oxygens (including phenoxy) is 1. The summed E-state index contributed by atoms with van der Waals surface area (Å²) in [6.45, 7) is 3.35. The number of nitrogens with one attached hydrogen (secondary N) is 2. The zero-order valence-corrected chi connectivity index (χ0v) is 19.2. The first-order valence-corrected chi connectivity index (χ1v) is 11.5. The molecule has 0 spiro atoms. The quantitative estimate of drug-likeness (QED) is 0.603. The minimum atomic E-state index is -3.73. The number of esters is 1. The molecule has 1 aliphatic rings. The Morgan fingerprint density at radius 1 is 1.23 bits per heavy atom. The Balaban J connectivity index is 0.00000341. The first-order valence-electron chi connectivity index (χ1n) is 9.97. The van der Waals surface area contributed by atoms with Crippen molar-refractivity contribution in [3.8, 4) is 0 Å². The minimum Gasteiger partial charge on any atom is -0.465 e. The normalized spacial score (nSPS) is 15.7. The van der Waals surface area contributed by atoms with E-state index in [0.717, 1.165) is 37.6 Å². The molecule has 1 atom stereocenters. The molecule has 1 aliphatic heterocycles. The average molecular weight is 471 g/mol. The van der Waals surface area contributed by atoms with E-state index in [1.54, 1.807) is 13.0 Å². The number of benzene rings is 2. The third-order valence-electron chi connectivity index (χ3n) is 5.59. The zero-order valence-electron chi connectivity index (χ0n) is 17.6. The molecule has 1 heterocycles. The molecule has 0 radical (unpaired) electrons. The third kappa shape index (κ3) is 6.26. The van der Waals surface area contributed by atoms with Crippen LogP contribution in [0.4, 0.5) is 4.39 Å². The van der Waals surface area contributed by atoms with E-state index in [9.17, 15) is 17.6 Å². The second-order valence-corrected chi connectivity index (χ2v) is 9.59. The number of hydrogen-bond donors (Lipinski definition) is 2. The summed E-state index contributed by atoms with van der Waals surface area (Å²) in [5.41, 5.74) is 2.09. The van der Waals surface area contributed by atoms with E-state index in [0.29, 0.717) is 11.5 Å². The molecule has 6 nitrogen and oxygen atoms in total. The van der Waals surface area contributed by atoms with Crippen molar-refractivity contribution >= 4 is 28.4 Å². The van der Waals surface area contributed by atoms with Crippen molar-refractivity contribution in [3.05, 3.63) is 70.5 Å². The van der Waals surface area contributed by atoms with Gasteiger partial charge in [-0.05, 0) is 62.0 Å². The highest BCUT2D eigenvalue weighted by Gasteiger charge is 2.24. The highest BCUT2D eigenvalue weighted by atomic mass is 35.5. The highest BCUT2D eigenvalue weighted by Crippen LogP contribution is 2.29. The van der Waals surface area contributed by atoms with Crippen LogP contribution in [0, 0.1) is 5.82 Å². The number of rotatable bonds is 7. The first-order chi connectivity index (χ1) is 14.3. The molecular formula is C22H28ClFN2O4S. The van der Waals surface area contributed by atoms with Crippen LogP contribution in [0.5, 0.6) is 0 Å². The van der Waals surface area contributed by atoms with Gasteiger partial charge in [0.25, 0.3) is 0 Å².